The van der Waals surface area contributed by atoms with E-state index in [0.29, 0.717) is 12.5 Å². The molecule has 3 nitrogen and oxygen atoms in total. The highest BCUT2D eigenvalue weighted by Crippen LogP contribution is 2.02. The Balaban J connectivity index is 3.56. The van der Waals surface area contributed by atoms with Gasteiger partial charge in [-0.05, 0) is 54.3 Å². The maximum absolute atomic E-state index is 8.57. The average Bonchev–Trinajstić information content (AvgIpc) is 2.11. The molecule has 0 bridgehead atoms. The lowest BCUT2D eigenvalue weighted by molar-refractivity contribution is 0.252. The lowest BCUT2D eigenvalue weighted by Crippen LogP contribution is -2.38. The number of hydrogen-bond donors (Lipinski definition) is 1. The van der Waals surface area contributed by atoms with Crippen LogP contribution in [-0.2, 0) is 0 Å². The van der Waals surface area contributed by atoms with E-state index in [1.54, 1.807) is 0 Å². The molecule has 1 N–H and O–H groups in total. The Bertz CT molecular complexity index is 200. The van der Waals surface area contributed by atoms with Crippen molar-refractivity contribution in [1.82, 2.24) is 10.2 Å². The molecule has 0 spiro atoms. The largest absolute Gasteiger partial charge is 0.312 e. The maximum Gasteiger partial charge on any atom is 0.0638 e. The number of hydrogen-bond acceptors (Lipinski definition) is 3. The van der Waals surface area contributed by atoms with Crippen molar-refractivity contribution in [2.24, 2.45) is 0 Å². The molecule has 0 heterocycles. The van der Waals surface area contributed by atoms with Crippen LogP contribution >= 0.6 is 0 Å². The minimum atomic E-state index is 0.205. The smallest absolute Gasteiger partial charge is 0.0638 e. The molecule has 0 aliphatic carbocycles. The third kappa shape index (κ3) is 8.41. The predicted molar refractivity (Wildman–Crippen MR) is 64.7 cm³/mol. The fourth-order valence-electron chi connectivity index (χ4n) is 1.30. The van der Waals surface area contributed by atoms with Crippen molar-refractivity contribution in [1.29, 1.82) is 5.26 Å². The van der Waals surface area contributed by atoms with E-state index in [1.165, 1.54) is 0 Å². The van der Waals surface area contributed by atoms with E-state index < -0.39 is 0 Å². The molecule has 0 aromatic carbocycles. The van der Waals surface area contributed by atoms with Crippen LogP contribution in [-0.4, -0.2) is 36.6 Å². The topological polar surface area (TPSA) is 39.1 Å². The Labute approximate surface area is 94.5 Å². The van der Waals surface area contributed by atoms with Crippen molar-refractivity contribution in [3.8, 4) is 6.07 Å². The van der Waals surface area contributed by atoms with Crippen LogP contribution in [0.5, 0.6) is 0 Å². The first-order valence-electron chi connectivity index (χ1n) is 5.69. The van der Waals surface area contributed by atoms with Crippen LogP contribution < -0.4 is 5.32 Å². The van der Waals surface area contributed by atoms with Gasteiger partial charge in [0.1, 0.15) is 0 Å². The van der Waals surface area contributed by atoms with E-state index in [2.05, 4.69) is 51.0 Å². The van der Waals surface area contributed by atoms with Gasteiger partial charge in [0.25, 0.3) is 0 Å². The van der Waals surface area contributed by atoms with Gasteiger partial charge in [-0.3, -0.25) is 0 Å². The summed E-state index contributed by atoms with van der Waals surface area (Å²) in [5, 5.41) is 12.0. The van der Waals surface area contributed by atoms with Gasteiger partial charge in [0.05, 0.1) is 12.5 Å². The number of nitrogens with zero attached hydrogens (tertiary/aromatic N) is 2. The van der Waals surface area contributed by atoms with E-state index >= 15 is 0 Å². The van der Waals surface area contributed by atoms with Crippen LogP contribution in [0.15, 0.2) is 0 Å². The summed E-state index contributed by atoms with van der Waals surface area (Å²) in [5.41, 5.74) is 0.205. The highest BCUT2D eigenvalue weighted by atomic mass is 15.1. The molecule has 0 aliphatic heterocycles. The lowest BCUT2D eigenvalue weighted by atomic mass is 10.1. The minimum Gasteiger partial charge on any atom is -0.312 e. The van der Waals surface area contributed by atoms with E-state index in [9.17, 15) is 0 Å². The third-order valence-electron chi connectivity index (χ3n) is 2.48. The predicted octanol–water partition coefficient (Wildman–Crippen LogP) is 2.00. The molecule has 0 aromatic heterocycles. The summed E-state index contributed by atoms with van der Waals surface area (Å²) in [6.07, 6.45) is 1.74. The molecule has 0 aromatic rings. The van der Waals surface area contributed by atoms with Crippen LogP contribution in [0.3, 0.4) is 0 Å². The second-order valence-electron chi connectivity index (χ2n) is 5.22. The molecule has 0 radical (unpaired) electrons. The van der Waals surface area contributed by atoms with Crippen molar-refractivity contribution in [2.45, 2.75) is 52.1 Å². The second kappa shape index (κ2) is 6.81. The van der Waals surface area contributed by atoms with Crippen LogP contribution in [0.1, 0.15) is 40.5 Å². The van der Waals surface area contributed by atoms with Crippen molar-refractivity contribution in [3.63, 3.8) is 0 Å². The van der Waals surface area contributed by atoms with Gasteiger partial charge in [-0.2, -0.15) is 5.26 Å². The van der Waals surface area contributed by atoms with Crippen LogP contribution in [0, 0.1) is 11.3 Å². The van der Waals surface area contributed by atoms with E-state index in [4.69, 9.17) is 5.26 Å². The Kier molecular flexibility index (Phi) is 6.55. The molecule has 0 rings (SSSR count). The van der Waals surface area contributed by atoms with Gasteiger partial charge >= 0.3 is 0 Å². The molecule has 1 unspecified atom stereocenters. The van der Waals surface area contributed by atoms with Gasteiger partial charge in [-0.25, -0.2) is 0 Å². The third-order valence-corrected chi connectivity index (χ3v) is 2.48. The Morgan fingerprint density at radius 3 is 2.47 bits per heavy atom. The molecular weight excluding hydrogens is 186 g/mol. The number of nitriles is 1. The zero-order valence-corrected chi connectivity index (χ0v) is 10.8. The molecule has 0 amide bonds. The summed E-state index contributed by atoms with van der Waals surface area (Å²) in [6, 6.07) is 2.57. The normalized spacial score (nSPS) is 13.9. The standard InChI is InChI=1S/C12H25N3/c1-11(7-8-13)15(5)10-6-9-14-12(2,3)4/h11,14H,6-7,9-10H2,1-5H3. The number of rotatable bonds is 6. The molecule has 1 atom stereocenters. The van der Waals surface area contributed by atoms with Gasteiger partial charge in [0, 0.05) is 11.6 Å². The fraction of sp³-hybridized carbons (Fsp3) is 0.917. The van der Waals surface area contributed by atoms with Crippen molar-refractivity contribution in [3.05, 3.63) is 0 Å². The number of nitrogens with one attached hydrogen (secondary N) is 1. The summed E-state index contributed by atoms with van der Waals surface area (Å²) in [5.74, 6) is 0. The highest BCUT2D eigenvalue weighted by molar-refractivity contribution is 4.78. The van der Waals surface area contributed by atoms with Gasteiger partial charge in [-0.1, -0.05) is 0 Å². The summed E-state index contributed by atoms with van der Waals surface area (Å²) >= 11 is 0. The monoisotopic (exact) mass is 211 g/mol. The molecule has 88 valence electrons. The molecule has 0 aliphatic rings. The van der Waals surface area contributed by atoms with Crippen molar-refractivity contribution in [2.75, 3.05) is 20.1 Å². The van der Waals surface area contributed by atoms with Gasteiger partial charge < -0.3 is 10.2 Å². The molecule has 0 saturated carbocycles. The average molecular weight is 211 g/mol. The summed E-state index contributed by atoms with van der Waals surface area (Å²) in [4.78, 5) is 2.24. The molecule has 3 heteroatoms. The maximum atomic E-state index is 8.57. The van der Waals surface area contributed by atoms with Crippen LogP contribution in [0.25, 0.3) is 0 Å². The molecule has 0 fully saturated rings. The fourth-order valence-corrected chi connectivity index (χ4v) is 1.30. The van der Waals surface area contributed by atoms with Crippen LogP contribution in [0.4, 0.5) is 0 Å². The quantitative estimate of drug-likeness (QED) is 0.683. The minimum absolute atomic E-state index is 0.205. The Morgan fingerprint density at radius 1 is 1.40 bits per heavy atom. The second-order valence-corrected chi connectivity index (χ2v) is 5.22. The van der Waals surface area contributed by atoms with Crippen molar-refractivity contribution >= 4 is 0 Å². The first kappa shape index (κ1) is 14.4. The summed E-state index contributed by atoms with van der Waals surface area (Å²) in [7, 11) is 2.08. The van der Waals surface area contributed by atoms with Crippen LogP contribution in [0.2, 0.25) is 0 Å². The zero-order chi connectivity index (χ0) is 11.9. The Morgan fingerprint density at radius 2 is 2.00 bits per heavy atom. The molecular formula is C12H25N3. The lowest BCUT2D eigenvalue weighted by Gasteiger charge is -2.24. The molecule has 15 heavy (non-hydrogen) atoms. The highest BCUT2D eigenvalue weighted by Gasteiger charge is 2.10. The van der Waals surface area contributed by atoms with E-state index in [0.717, 1.165) is 19.5 Å². The SMILES string of the molecule is CC(CC#N)N(C)CCCNC(C)(C)C. The van der Waals surface area contributed by atoms with E-state index in [1.807, 2.05) is 0 Å². The van der Waals surface area contributed by atoms with Gasteiger partial charge in [0.15, 0.2) is 0 Å². The summed E-state index contributed by atoms with van der Waals surface area (Å²) < 4.78 is 0. The first-order chi connectivity index (χ1) is 6.87. The Hall–Kier alpha value is -0.590. The summed E-state index contributed by atoms with van der Waals surface area (Å²) in [6.45, 7) is 10.7. The van der Waals surface area contributed by atoms with Gasteiger partial charge in [0.2, 0.25) is 0 Å². The molecule has 0 saturated heterocycles. The zero-order valence-electron chi connectivity index (χ0n) is 10.8. The van der Waals surface area contributed by atoms with Crippen molar-refractivity contribution < 1.29 is 0 Å². The van der Waals surface area contributed by atoms with Gasteiger partial charge in [-0.15, -0.1) is 0 Å². The first-order valence-corrected chi connectivity index (χ1v) is 5.69. The van der Waals surface area contributed by atoms with E-state index in [-0.39, 0.29) is 5.54 Å².